The van der Waals surface area contributed by atoms with Crippen LogP contribution in [0.4, 0.5) is 4.39 Å². The molecule has 7 nitrogen and oxygen atoms in total. The third-order valence-corrected chi connectivity index (χ3v) is 5.16. The number of benzene rings is 2. The van der Waals surface area contributed by atoms with Crippen LogP contribution < -0.4 is 10.3 Å². The minimum absolute atomic E-state index is 0.0264. The quantitative estimate of drug-likeness (QED) is 0.522. The fraction of sp³-hybridized carbons (Fsp3) is 0.292. The highest BCUT2D eigenvalue weighted by atomic mass is 19.1. The number of carbonyl (C=O) groups is 1. The number of carbonyl (C=O) groups excluding carboxylic acids is 1. The van der Waals surface area contributed by atoms with E-state index in [0.29, 0.717) is 12.2 Å². The van der Waals surface area contributed by atoms with E-state index in [-0.39, 0.29) is 19.0 Å². The van der Waals surface area contributed by atoms with E-state index in [1.54, 1.807) is 19.1 Å². The van der Waals surface area contributed by atoms with Gasteiger partial charge in [0.05, 0.1) is 12.2 Å². The van der Waals surface area contributed by atoms with Crippen LogP contribution in [-0.2, 0) is 9.47 Å². The third kappa shape index (κ3) is 4.86. The van der Waals surface area contributed by atoms with Gasteiger partial charge in [-0.15, -0.1) is 0 Å². The van der Waals surface area contributed by atoms with Crippen molar-refractivity contribution in [2.75, 3.05) is 13.2 Å². The summed E-state index contributed by atoms with van der Waals surface area (Å²) in [7, 11) is 0. The van der Waals surface area contributed by atoms with Crippen molar-refractivity contribution in [3.8, 4) is 17.1 Å². The highest BCUT2D eigenvalue weighted by Gasteiger charge is 2.38. The predicted octanol–water partition coefficient (Wildman–Crippen LogP) is 3.79. The van der Waals surface area contributed by atoms with Crippen LogP contribution in [0.5, 0.6) is 6.01 Å². The molecule has 4 rings (SSSR count). The molecule has 0 saturated carbocycles. The van der Waals surface area contributed by atoms with Crippen LogP contribution in [0.2, 0.25) is 0 Å². The second-order valence-corrected chi connectivity index (χ2v) is 7.31. The molecule has 1 saturated heterocycles. The topological polar surface area (TPSA) is 79.6 Å². The number of aromatic nitrogens is 2. The number of halogens is 1. The van der Waals surface area contributed by atoms with Gasteiger partial charge < -0.3 is 14.2 Å². The highest BCUT2D eigenvalue weighted by Crippen LogP contribution is 2.33. The van der Waals surface area contributed by atoms with Crippen molar-refractivity contribution in [3.05, 3.63) is 82.8 Å². The number of alkyl halides is 1. The molecule has 0 N–H and O–H groups in total. The van der Waals surface area contributed by atoms with Gasteiger partial charge in [0.1, 0.15) is 25.1 Å². The molecule has 166 valence electrons. The molecule has 2 heterocycles. The summed E-state index contributed by atoms with van der Waals surface area (Å²) in [6.07, 6.45) is -1.50. The molecule has 0 spiro atoms. The van der Waals surface area contributed by atoms with Crippen LogP contribution in [0.15, 0.2) is 71.7 Å². The van der Waals surface area contributed by atoms with Crippen molar-refractivity contribution in [1.82, 2.24) is 9.55 Å². The molecule has 3 aromatic rings. The molecule has 0 amide bonds. The average Bonchev–Trinajstić information content (AvgIpc) is 3.18. The molecular weight excluding hydrogens is 415 g/mol. The van der Waals surface area contributed by atoms with Crippen molar-refractivity contribution >= 4 is 5.97 Å². The lowest BCUT2D eigenvalue weighted by Gasteiger charge is -2.18. The van der Waals surface area contributed by atoms with Crippen molar-refractivity contribution in [2.45, 2.75) is 31.8 Å². The maximum Gasteiger partial charge on any atom is 0.338 e. The number of nitrogens with zero attached hydrogens (tertiary/aromatic N) is 2. The van der Waals surface area contributed by atoms with Crippen LogP contribution in [0.1, 0.15) is 29.9 Å². The number of rotatable bonds is 7. The average molecular weight is 438 g/mol. The Morgan fingerprint density at radius 3 is 2.56 bits per heavy atom. The predicted molar refractivity (Wildman–Crippen MR) is 115 cm³/mol. The molecule has 32 heavy (non-hydrogen) atoms. The summed E-state index contributed by atoms with van der Waals surface area (Å²) in [5.41, 5.74) is 1.94. The van der Waals surface area contributed by atoms with E-state index in [4.69, 9.17) is 14.2 Å². The zero-order valence-electron chi connectivity index (χ0n) is 17.5. The monoisotopic (exact) mass is 438 g/mol. The van der Waals surface area contributed by atoms with E-state index in [1.807, 2.05) is 42.5 Å². The lowest BCUT2D eigenvalue weighted by atomic mass is 10.0. The summed E-state index contributed by atoms with van der Waals surface area (Å²) in [6.45, 7) is 1.83. The number of esters is 1. The van der Waals surface area contributed by atoms with Gasteiger partial charge in [-0.3, -0.25) is 9.36 Å². The normalized spacial score (nSPS) is 20.1. The zero-order valence-corrected chi connectivity index (χ0v) is 17.5. The van der Waals surface area contributed by atoms with Gasteiger partial charge in [-0.05, 0) is 30.2 Å². The van der Waals surface area contributed by atoms with Gasteiger partial charge in [0.15, 0.2) is 0 Å². The van der Waals surface area contributed by atoms with Gasteiger partial charge in [-0.25, -0.2) is 9.18 Å². The Morgan fingerprint density at radius 2 is 1.84 bits per heavy atom. The standard InChI is InChI=1S/C24H23FN2O5/c1-2-30-24-26-21(28)12-13-27(24)22-14-19(25)20(32-22)15-31-23(29)18-10-8-17(9-11-18)16-6-4-3-5-7-16/h3-13,19-20,22H,2,14-15H2,1H3. The van der Waals surface area contributed by atoms with E-state index in [0.717, 1.165) is 11.1 Å². The van der Waals surface area contributed by atoms with Crippen LogP contribution >= 0.6 is 0 Å². The Morgan fingerprint density at radius 1 is 1.12 bits per heavy atom. The highest BCUT2D eigenvalue weighted by molar-refractivity contribution is 5.90. The van der Waals surface area contributed by atoms with Gasteiger partial charge in [0.25, 0.3) is 5.56 Å². The molecule has 8 heteroatoms. The largest absolute Gasteiger partial charge is 0.465 e. The lowest BCUT2D eigenvalue weighted by Crippen LogP contribution is -2.26. The summed E-state index contributed by atoms with van der Waals surface area (Å²) in [5.74, 6) is -0.552. The van der Waals surface area contributed by atoms with Crippen molar-refractivity contribution < 1.29 is 23.4 Å². The zero-order chi connectivity index (χ0) is 22.5. The molecule has 0 radical (unpaired) electrons. The van der Waals surface area contributed by atoms with E-state index in [2.05, 4.69) is 4.98 Å². The molecule has 1 aromatic heterocycles. The van der Waals surface area contributed by atoms with E-state index in [1.165, 1.54) is 16.8 Å². The van der Waals surface area contributed by atoms with Gasteiger partial charge in [0, 0.05) is 18.7 Å². The molecule has 1 aliphatic rings. The Balaban J connectivity index is 1.37. The van der Waals surface area contributed by atoms with Gasteiger partial charge in [0.2, 0.25) is 0 Å². The van der Waals surface area contributed by atoms with E-state index in [9.17, 15) is 14.0 Å². The first kappa shape index (κ1) is 21.7. The van der Waals surface area contributed by atoms with Gasteiger partial charge in [-0.1, -0.05) is 42.5 Å². The second-order valence-electron chi connectivity index (χ2n) is 7.31. The molecule has 0 bridgehead atoms. The smallest absolute Gasteiger partial charge is 0.338 e. The van der Waals surface area contributed by atoms with Crippen molar-refractivity contribution in [2.24, 2.45) is 0 Å². The fourth-order valence-electron chi connectivity index (χ4n) is 3.53. The van der Waals surface area contributed by atoms with E-state index < -0.39 is 30.0 Å². The Bertz CT molecular complexity index is 1120. The molecule has 0 aliphatic carbocycles. The first-order valence-electron chi connectivity index (χ1n) is 10.4. The number of ether oxygens (including phenoxy) is 3. The maximum atomic E-state index is 14.6. The SMILES string of the molecule is CCOc1nc(=O)ccn1C1CC(F)C(COC(=O)c2ccc(-c3ccccc3)cc2)O1. The van der Waals surface area contributed by atoms with Crippen molar-refractivity contribution in [1.29, 1.82) is 0 Å². The summed E-state index contributed by atoms with van der Waals surface area (Å²) in [4.78, 5) is 27.7. The Hall–Kier alpha value is -3.52. The van der Waals surface area contributed by atoms with Gasteiger partial charge in [-0.2, -0.15) is 4.98 Å². The van der Waals surface area contributed by atoms with Gasteiger partial charge >= 0.3 is 12.0 Å². The van der Waals surface area contributed by atoms with Crippen LogP contribution in [0.25, 0.3) is 11.1 Å². The summed E-state index contributed by atoms with van der Waals surface area (Å²) < 4.78 is 32.4. The first-order chi connectivity index (χ1) is 15.5. The molecular formula is C24H23FN2O5. The summed E-state index contributed by atoms with van der Waals surface area (Å²) in [6, 6.07) is 18.1. The molecule has 3 atom stereocenters. The first-order valence-corrected chi connectivity index (χ1v) is 10.4. The third-order valence-electron chi connectivity index (χ3n) is 5.16. The Labute approximate surface area is 184 Å². The fourth-order valence-corrected chi connectivity index (χ4v) is 3.53. The maximum absolute atomic E-state index is 14.6. The molecule has 2 aromatic carbocycles. The lowest BCUT2D eigenvalue weighted by molar-refractivity contribution is -0.0454. The molecule has 1 fully saturated rings. The van der Waals surface area contributed by atoms with E-state index >= 15 is 0 Å². The number of hydrogen-bond acceptors (Lipinski definition) is 6. The second kappa shape index (κ2) is 9.74. The van der Waals surface area contributed by atoms with Crippen LogP contribution in [0, 0.1) is 0 Å². The minimum Gasteiger partial charge on any atom is -0.465 e. The van der Waals surface area contributed by atoms with Crippen LogP contribution in [0.3, 0.4) is 0 Å². The molecule has 1 aliphatic heterocycles. The van der Waals surface area contributed by atoms with Crippen LogP contribution in [-0.4, -0.2) is 41.0 Å². The summed E-state index contributed by atoms with van der Waals surface area (Å²) >= 11 is 0. The van der Waals surface area contributed by atoms with Crippen molar-refractivity contribution in [3.63, 3.8) is 0 Å². The Kier molecular flexibility index (Phi) is 6.61. The number of hydrogen-bond donors (Lipinski definition) is 0. The minimum atomic E-state index is -1.35. The molecule has 3 unspecified atom stereocenters. The summed E-state index contributed by atoms with van der Waals surface area (Å²) in [5, 5.41) is 0.